The van der Waals surface area contributed by atoms with Crippen LogP contribution in [0.15, 0.2) is 53.4 Å². The van der Waals surface area contributed by atoms with Gasteiger partial charge in [-0.05, 0) is 75.2 Å². The highest BCUT2D eigenvalue weighted by Gasteiger charge is 2.27. The number of carbonyl (C=O) groups excluding carboxylic acids is 2. The molecule has 0 atom stereocenters. The zero-order chi connectivity index (χ0) is 27.0. The van der Waals surface area contributed by atoms with Crippen molar-refractivity contribution in [2.45, 2.75) is 65.2 Å². The fourth-order valence-electron chi connectivity index (χ4n) is 4.55. The topological polar surface area (TPSA) is 75.6 Å². The molecule has 2 amide bonds. The Morgan fingerprint density at radius 3 is 2.11 bits per heavy atom. The van der Waals surface area contributed by atoms with E-state index in [9.17, 15) is 14.7 Å². The van der Waals surface area contributed by atoms with Crippen molar-refractivity contribution < 1.29 is 19.4 Å². The average molecular weight is 518 g/mol. The first-order valence-corrected chi connectivity index (χ1v) is 13.4. The minimum atomic E-state index is -0.363. The van der Waals surface area contributed by atoms with E-state index in [4.69, 9.17) is 4.74 Å². The van der Waals surface area contributed by atoms with Crippen LogP contribution in [0.1, 0.15) is 70.2 Å². The Kier molecular flexibility index (Phi) is 7.43. The van der Waals surface area contributed by atoms with Crippen LogP contribution in [0, 0.1) is 0 Å². The van der Waals surface area contributed by atoms with Crippen molar-refractivity contribution in [3.63, 3.8) is 0 Å². The van der Waals surface area contributed by atoms with E-state index >= 15 is 0 Å². The molecule has 0 saturated carbocycles. The maximum Gasteiger partial charge on any atom is 0.290 e. The predicted molar refractivity (Wildman–Crippen MR) is 152 cm³/mol. The first-order chi connectivity index (χ1) is 17.3. The predicted octanol–water partition coefficient (Wildman–Crippen LogP) is 7.48. The molecule has 0 unspecified atom stereocenters. The summed E-state index contributed by atoms with van der Waals surface area (Å²) in [5, 5.41) is 14.8. The van der Waals surface area contributed by atoms with Crippen molar-refractivity contribution in [3.8, 4) is 11.5 Å². The van der Waals surface area contributed by atoms with Crippen LogP contribution in [-0.4, -0.2) is 22.9 Å². The molecular formula is C31H35NO4S. The van der Waals surface area contributed by atoms with Gasteiger partial charge in [-0.2, -0.15) is 0 Å². The van der Waals surface area contributed by atoms with E-state index in [0.717, 1.165) is 57.8 Å². The van der Waals surface area contributed by atoms with Crippen molar-refractivity contribution in [2.75, 3.05) is 6.61 Å². The lowest BCUT2D eigenvalue weighted by Crippen LogP contribution is -2.18. The highest BCUT2D eigenvalue weighted by molar-refractivity contribution is 8.18. The van der Waals surface area contributed by atoms with Gasteiger partial charge in [0.2, 0.25) is 0 Å². The van der Waals surface area contributed by atoms with Crippen LogP contribution in [0.25, 0.3) is 16.8 Å². The van der Waals surface area contributed by atoms with Gasteiger partial charge in [-0.25, -0.2) is 0 Å². The molecule has 1 fully saturated rings. The highest BCUT2D eigenvalue weighted by Crippen LogP contribution is 2.40. The fourth-order valence-corrected chi connectivity index (χ4v) is 5.22. The lowest BCUT2D eigenvalue weighted by atomic mass is 9.78. The molecule has 1 aliphatic heterocycles. The van der Waals surface area contributed by atoms with E-state index < -0.39 is 0 Å². The lowest BCUT2D eigenvalue weighted by molar-refractivity contribution is -0.115. The SMILES string of the molecule is CC(C)(C)c1cc(CCCOc2ccc(C=C3SC(=O)NC3=O)c3ccccc23)cc(C(C)(C)C)c1O. The third-order valence-corrected chi connectivity index (χ3v) is 7.31. The highest BCUT2D eigenvalue weighted by atomic mass is 32.2. The molecule has 5 nitrogen and oxygen atoms in total. The minimum absolute atomic E-state index is 0.155. The number of ether oxygens (including phenoxy) is 1. The zero-order valence-corrected chi connectivity index (χ0v) is 23.2. The summed E-state index contributed by atoms with van der Waals surface area (Å²) >= 11 is 0.916. The van der Waals surface area contributed by atoms with Gasteiger partial charge in [-0.1, -0.05) is 84.0 Å². The van der Waals surface area contributed by atoms with Crippen molar-refractivity contribution >= 4 is 39.8 Å². The normalized spacial score (nSPS) is 15.5. The van der Waals surface area contributed by atoms with Crippen LogP contribution in [0.3, 0.4) is 0 Å². The first-order valence-electron chi connectivity index (χ1n) is 12.6. The number of hydrogen-bond acceptors (Lipinski definition) is 5. The summed E-state index contributed by atoms with van der Waals surface area (Å²) in [6.45, 7) is 13.3. The van der Waals surface area contributed by atoms with Gasteiger partial charge in [0, 0.05) is 5.39 Å². The summed E-state index contributed by atoms with van der Waals surface area (Å²) in [5.74, 6) is 0.825. The largest absolute Gasteiger partial charge is 0.507 e. The number of thioether (sulfide) groups is 1. The minimum Gasteiger partial charge on any atom is -0.507 e. The number of amides is 2. The number of carbonyl (C=O) groups is 2. The molecule has 0 radical (unpaired) electrons. The van der Waals surface area contributed by atoms with Crippen LogP contribution in [0.2, 0.25) is 0 Å². The van der Waals surface area contributed by atoms with E-state index in [0.29, 0.717) is 17.3 Å². The molecule has 0 bridgehead atoms. The monoisotopic (exact) mass is 517 g/mol. The maximum atomic E-state index is 12.0. The summed E-state index contributed by atoms with van der Waals surface area (Å²) in [6, 6.07) is 16.0. The molecule has 1 heterocycles. The number of aromatic hydroxyl groups is 1. The summed E-state index contributed by atoms with van der Waals surface area (Å²) in [7, 11) is 0. The first kappa shape index (κ1) is 26.8. The van der Waals surface area contributed by atoms with Crippen LogP contribution in [-0.2, 0) is 22.0 Å². The molecule has 1 aliphatic rings. The van der Waals surface area contributed by atoms with Gasteiger partial charge in [-0.15, -0.1) is 0 Å². The maximum absolute atomic E-state index is 12.0. The molecule has 3 aromatic carbocycles. The number of phenols is 1. The van der Waals surface area contributed by atoms with Gasteiger partial charge in [0.05, 0.1) is 11.5 Å². The van der Waals surface area contributed by atoms with Gasteiger partial charge in [0.25, 0.3) is 11.1 Å². The molecule has 37 heavy (non-hydrogen) atoms. The molecule has 6 heteroatoms. The van der Waals surface area contributed by atoms with Crippen LogP contribution < -0.4 is 10.1 Å². The summed E-state index contributed by atoms with van der Waals surface area (Å²) < 4.78 is 6.21. The third kappa shape index (κ3) is 6.02. The standard InChI is InChI=1S/C31H35NO4S/c1-30(2,3)23-16-19(17-24(27(23)33)31(4,5)6)10-9-15-36-25-14-13-20(21-11-7-8-12-22(21)25)18-26-28(34)32-29(35)37-26/h7-8,11-14,16-18,33H,9-10,15H2,1-6H3,(H,32,34,35). The Hall–Kier alpha value is -3.25. The number of benzene rings is 3. The molecule has 0 aromatic heterocycles. The molecule has 0 aliphatic carbocycles. The second-order valence-corrected chi connectivity index (χ2v) is 12.6. The van der Waals surface area contributed by atoms with Gasteiger partial charge in [0.15, 0.2) is 0 Å². The quantitative estimate of drug-likeness (QED) is 0.262. The van der Waals surface area contributed by atoms with Gasteiger partial charge in [0.1, 0.15) is 11.5 Å². The third-order valence-electron chi connectivity index (χ3n) is 6.50. The van der Waals surface area contributed by atoms with E-state index in [1.165, 1.54) is 5.56 Å². The van der Waals surface area contributed by atoms with Gasteiger partial charge < -0.3 is 9.84 Å². The van der Waals surface area contributed by atoms with E-state index in [-0.39, 0.29) is 22.0 Å². The van der Waals surface area contributed by atoms with Crippen LogP contribution in [0.4, 0.5) is 4.79 Å². The molecule has 4 rings (SSSR count). The Bertz CT molecular complexity index is 1360. The molecule has 1 saturated heterocycles. The number of imide groups is 1. The van der Waals surface area contributed by atoms with E-state index in [1.54, 1.807) is 6.08 Å². The van der Waals surface area contributed by atoms with E-state index in [1.807, 2.05) is 36.4 Å². The summed E-state index contributed by atoms with van der Waals surface area (Å²) in [6.07, 6.45) is 3.42. The molecule has 0 spiro atoms. The molecule has 2 N–H and O–H groups in total. The zero-order valence-electron chi connectivity index (χ0n) is 22.4. The van der Waals surface area contributed by atoms with Gasteiger partial charge >= 0.3 is 0 Å². The van der Waals surface area contributed by atoms with Crippen molar-refractivity contribution in [1.82, 2.24) is 5.32 Å². The second kappa shape index (κ2) is 10.3. The fraction of sp³-hybridized carbons (Fsp3) is 0.355. The molecule has 3 aromatic rings. The van der Waals surface area contributed by atoms with Crippen molar-refractivity contribution in [3.05, 3.63) is 75.7 Å². The van der Waals surface area contributed by atoms with Crippen molar-refractivity contribution in [1.29, 1.82) is 0 Å². The summed E-state index contributed by atoms with van der Waals surface area (Å²) in [5.41, 5.74) is 3.70. The summed E-state index contributed by atoms with van der Waals surface area (Å²) in [4.78, 5) is 23.9. The van der Waals surface area contributed by atoms with E-state index in [2.05, 4.69) is 59.0 Å². The van der Waals surface area contributed by atoms with Crippen LogP contribution in [0.5, 0.6) is 11.5 Å². The molecule has 194 valence electrons. The Morgan fingerprint density at radius 1 is 0.919 bits per heavy atom. The number of rotatable bonds is 6. The number of aryl methyl sites for hydroxylation is 1. The molecular weight excluding hydrogens is 482 g/mol. The van der Waals surface area contributed by atoms with Gasteiger partial charge in [-0.3, -0.25) is 14.9 Å². The second-order valence-electron chi connectivity index (χ2n) is 11.5. The smallest absolute Gasteiger partial charge is 0.290 e. The number of hydrogen-bond donors (Lipinski definition) is 2. The Labute approximate surface area is 223 Å². The Morgan fingerprint density at radius 2 is 1.54 bits per heavy atom. The number of fused-ring (bicyclic) bond motifs is 1. The van der Waals surface area contributed by atoms with Crippen LogP contribution >= 0.6 is 11.8 Å². The number of nitrogens with one attached hydrogen (secondary N) is 1. The Balaban J connectivity index is 1.51. The number of phenolic OH excluding ortho intramolecular Hbond substituents is 1. The average Bonchev–Trinajstić information content (AvgIpc) is 3.13. The van der Waals surface area contributed by atoms with Crippen molar-refractivity contribution in [2.24, 2.45) is 0 Å². The lowest BCUT2D eigenvalue weighted by Gasteiger charge is -2.28.